The lowest BCUT2D eigenvalue weighted by atomic mass is 10.1. The standard InChI is InChI=1S/C18H19N5OS/c1-11-3-5-12(6-4-11)7-16-21-22-18(25-16)20-17(24)15-8-14(15)13-9-19-23(2)10-13/h3-6,9-10,14-15H,7-8H2,1-2H3,(H,20,22,24)/t14-,15+/m0/s1. The zero-order valence-electron chi connectivity index (χ0n) is 14.1. The van der Waals surface area contributed by atoms with E-state index in [0.29, 0.717) is 5.13 Å². The minimum Gasteiger partial charge on any atom is -0.300 e. The summed E-state index contributed by atoms with van der Waals surface area (Å²) in [7, 11) is 1.89. The molecule has 7 heteroatoms. The molecule has 1 fully saturated rings. The summed E-state index contributed by atoms with van der Waals surface area (Å²) in [5, 5.41) is 16.8. The molecular formula is C18H19N5OS. The molecule has 0 bridgehead atoms. The molecule has 4 rings (SSSR count). The van der Waals surface area contributed by atoms with Gasteiger partial charge in [-0.25, -0.2) is 0 Å². The van der Waals surface area contributed by atoms with Crippen molar-refractivity contribution in [3.8, 4) is 0 Å². The Labute approximate surface area is 149 Å². The summed E-state index contributed by atoms with van der Waals surface area (Å²) in [6.45, 7) is 2.07. The van der Waals surface area contributed by atoms with Crippen molar-refractivity contribution < 1.29 is 4.79 Å². The van der Waals surface area contributed by atoms with Crippen LogP contribution in [0.25, 0.3) is 0 Å². The van der Waals surface area contributed by atoms with Crippen LogP contribution in [0.1, 0.15) is 34.0 Å². The number of nitrogens with zero attached hydrogens (tertiary/aromatic N) is 4. The molecule has 2 aromatic heterocycles. The SMILES string of the molecule is Cc1ccc(Cc2nnc(NC(=O)[C@@H]3C[C@H]3c3cnn(C)c3)s2)cc1. The predicted molar refractivity (Wildman–Crippen MR) is 96.6 cm³/mol. The van der Waals surface area contributed by atoms with Crippen LogP contribution >= 0.6 is 11.3 Å². The van der Waals surface area contributed by atoms with E-state index in [1.165, 1.54) is 22.5 Å². The minimum absolute atomic E-state index is 0.00801. The Bertz CT molecular complexity index is 898. The molecule has 128 valence electrons. The van der Waals surface area contributed by atoms with Gasteiger partial charge in [-0.15, -0.1) is 10.2 Å². The first-order valence-corrected chi connectivity index (χ1v) is 9.07. The summed E-state index contributed by atoms with van der Waals surface area (Å²) >= 11 is 1.44. The maximum Gasteiger partial charge on any atom is 0.229 e. The number of carbonyl (C=O) groups is 1. The molecule has 2 atom stereocenters. The van der Waals surface area contributed by atoms with Gasteiger partial charge in [0.25, 0.3) is 0 Å². The van der Waals surface area contributed by atoms with Gasteiger partial charge < -0.3 is 5.32 Å². The molecule has 0 spiro atoms. The second kappa shape index (κ2) is 6.40. The zero-order valence-corrected chi connectivity index (χ0v) is 15.0. The van der Waals surface area contributed by atoms with Crippen LogP contribution in [0.2, 0.25) is 0 Å². The molecule has 1 aromatic carbocycles. The summed E-state index contributed by atoms with van der Waals surface area (Å²) in [4.78, 5) is 12.4. The summed E-state index contributed by atoms with van der Waals surface area (Å²) in [6, 6.07) is 8.37. The maximum absolute atomic E-state index is 12.4. The van der Waals surface area contributed by atoms with E-state index in [1.54, 1.807) is 4.68 Å². The van der Waals surface area contributed by atoms with Gasteiger partial charge >= 0.3 is 0 Å². The fourth-order valence-corrected chi connectivity index (χ4v) is 3.72. The number of hydrogen-bond acceptors (Lipinski definition) is 5. The molecule has 6 nitrogen and oxygen atoms in total. The molecule has 1 saturated carbocycles. The van der Waals surface area contributed by atoms with Crippen LogP contribution in [0.3, 0.4) is 0 Å². The monoisotopic (exact) mass is 353 g/mol. The number of benzene rings is 1. The number of carbonyl (C=O) groups excluding carboxylic acids is 1. The van der Waals surface area contributed by atoms with Gasteiger partial charge in [-0.3, -0.25) is 9.48 Å². The average molecular weight is 353 g/mol. The Morgan fingerprint density at radius 1 is 1.32 bits per heavy atom. The third kappa shape index (κ3) is 3.61. The summed E-state index contributed by atoms with van der Waals surface area (Å²) in [5.74, 6) is 0.300. The van der Waals surface area contributed by atoms with Crippen LogP contribution in [-0.4, -0.2) is 25.9 Å². The van der Waals surface area contributed by atoms with E-state index in [2.05, 4.69) is 51.8 Å². The van der Waals surface area contributed by atoms with Crippen LogP contribution in [0, 0.1) is 12.8 Å². The Morgan fingerprint density at radius 3 is 2.84 bits per heavy atom. The average Bonchev–Trinajstić information content (AvgIpc) is 3.10. The van der Waals surface area contributed by atoms with Crippen molar-refractivity contribution in [2.45, 2.75) is 25.7 Å². The number of hydrogen-bond donors (Lipinski definition) is 1. The van der Waals surface area contributed by atoms with Crippen LogP contribution in [0.5, 0.6) is 0 Å². The van der Waals surface area contributed by atoms with E-state index in [0.717, 1.165) is 23.4 Å². The van der Waals surface area contributed by atoms with E-state index in [1.807, 2.05) is 19.4 Å². The fraction of sp³-hybridized carbons (Fsp3) is 0.333. The molecule has 1 N–H and O–H groups in total. The second-order valence-corrected chi connectivity index (χ2v) is 7.61. The van der Waals surface area contributed by atoms with Gasteiger partial charge in [0, 0.05) is 25.6 Å². The molecule has 0 aliphatic heterocycles. The first-order valence-electron chi connectivity index (χ1n) is 8.26. The molecule has 1 amide bonds. The molecule has 1 aliphatic rings. The summed E-state index contributed by atoms with van der Waals surface area (Å²) < 4.78 is 1.77. The van der Waals surface area contributed by atoms with Crippen LogP contribution < -0.4 is 5.32 Å². The molecule has 0 saturated heterocycles. The van der Waals surface area contributed by atoms with Crippen molar-refractivity contribution in [1.29, 1.82) is 0 Å². The lowest BCUT2D eigenvalue weighted by molar-refractivity contribution is -0.117. The maximum atomic E-state index is 12.4. The highest BCUT2D eigenvalue weighted by Gasteiger charge is 2.44. The fourth-order valence-electron chi connectivity index (χ4n) is 2.94. The molecule has 25 heavy (non-hydrogen) atoms. The molecule has 0 unspecified atom stereocenters. The highest BCUT2D eigenvalue weighted by Crippen LogP contribution is 2.47. The molecular weight excluding hydrogens is 334 g/mol. The Morgan fingerprint density at radius 2 is 2.12 bits per heavy atom. The summed E-state index contributed by atoms with van der Waals surface area (Å²) in [5.41, 5.74) is 3.56. The highest BCUT2D eigenvalue weighted by atomic mass is 32.1. The summed E-state index contributed by atoms with van der Waals surface area (Å²) in [6.07, 6.45) is 5.41. The Hall–Kier alpha value is -2.54. The van der Waals surface area contributed by atoms with E-state index in [-0.39, 0.29) is 17.7 Å². The topological polar surface area (TPSA) is 72.7 Å². The quantitative estimate of drug-likeness (QED) is 0.765. The predicted octanol–water partition coefficient (Wildman–Crippen LogP) is 2.91. The lowest BCUT2D eigenvalue weighted by Gasteiger charge is -1.99. The van der Waals surface area contributed by atoms with E-state index >= 15 is 0 Å². The van der Waals surface area contributed by atoms with Gasteiger partial charge in [0.05, 0.1) is 6.20 Å². The molecule has 3 aromatic rings. The van der Waals surface area contributed by atoms with Crippen molar-refractivity contribution in [2.24, 2.45) is 13.0 Å². The van der Waals surface area contributed by atoms with Crippen molar-refractivity contribution in [2.75, 3.05) is 5.32 Å². The van der Waals surface area contributed by atoms with Crippen molar-refractivity contribution in [3.05, 3.63) is 58.4 Å². The Kier molecular flexibility index (Phi) is 4.09. The van der Waals surface area contributed by atoms with Gasteiger partial charge in [0.1, 0.15) is 5.01 Å². The van der Waals surface area contributed by atoms with E-state index in [4.69, 9.17) is 0 Å². The first-order chi connectivity index (χ1) is 12.1. The smallest absolute Gasteiger partial charge is 0.229 e. The minimum atomic E-state index is 0.00801. The Balaban J connectivity index is 1.35. The first kappa shape index (κ1) is 16.0. The van der Waals surface area contributed by atoms with Gasteiger partial charge in [-0.1, -0.05) is 41.2 Å². The van der Waals surface area contributed by atoms with Crippen molar-refractivity contribution in [1.82, 2.24) is 20.0 Å². The largest absolute Gasteiger partial charge is 0.300 e. The second-order valence-electron chi connectivity index (χ2n) is 6.55. The number of aryl methyl sites for hydroxylation is 2. The van der Waals surface area contributed by atoms with Crippen LogP contribution in [0.4, 0.5) is 5.13 Å². The third-order valence-electron chi connectivity index (χ3n) is 4.45. The van der Waals surface area contributed by atoms with Gasteiger partial charge in [-0.05, 0) is 30.4 Å². The number of amides is 1. The van der Waals surface area contributed by atoms with E-state index < -0.39 is 0 Å². The zero-order chi connectivity index (χ0) is 17.4. The molecule has 0 radical (unpaired) electrons. The van der Waals surface area contributed by atoms with Gasteiger partial charge in [-0.2, -0.15) is 5.10 Å². The number of nitrogens with one attached hydrogen (secondary N) is 1. The van der Waals surface area contributed by atoms with Gasteiger partial charge in [0.2, 0.25) is 11.0 Å². The highest BCUT2D eigenvalue weighted by molar-refractivity contribution is 7.15. The number of rotatable bonds is 5. The van der Waals surface area contributed by atoms with E-state index in [9.17, 15) is 4.79 Å². The van der Waals surface area contributed by atoms with Crippen LogP contribution in [-0.2, 0) is 18.3 Å². The van der Waals surface area contributed by atoms with Gasteiger partial charge in [0.15, 0.2) is 0 Å². The third-order valence-corrected chi connectivity index (χ3v) is 5.29. The lowest BCUT2D eigenvalue weighted by Crippen LogP contribution is -2.14. The molecule has 2 heterocycles. The van der Waals surface area contributed by atoms with Crippen molar-refractivity contribution >= 4 is 22.4 Å². The normalized spacial score (nSPS) is 19.0. The number of aromatic nitrogens is 4. The molecule has 1 aliphatic carbocycles. The number of anilines is 1. The van der Waals surface area contributed by atoms with Crippen LogP contribution in [0.15, 0.2) is 36.7 Å². The van der Waals surface area contributed by atoms with Crippen molar-refractivity contribution in [3.63, 3.8) is 0 Å².